The maximum absolute atomic E-state index is 12.3. The quantitative estimate of drug-likeness (QED) is 0.702. The van der Waals surface area contributed by atoms with Crippen molar-refractivity contribution in [3.05, 3.63) is 18.0 Å². The van der Waals surface area contributed by atoms with Crippen LogP contribution in [0.25, 0.3) is 0 Å². The Hall–Kier alpha value is -0.890. The Morgan fingerprint density at radius 1 is 1.43 bits per heavy atom. The minimum absolute atomic E-state index is 0.0122. The number of aromatic nitrogens is 1. The molecule has 0 aromatic carbocycles. The lowest BCUT2D eigenvalue weighted by Crippen LogP contribution is -2.47. The van der Waals surface area contributed by atoms with Crippen LogP contribution in [-0.4, -0.2) is 38.8 Å². The second-order valence-electron chi connectivity index (χ2n) is 5.60. The van der Waals surface area contributed by atoms with Crippen LogP contribution in [0.15, 0.2) is 17.2 Å². The number of hydrogen-bond donors (Lipinski definition) is 2. The van der Waals surface area contributed by atoms with Gasteiger partial charge in [0.05, 0.1) is 11.0 Å². The van der Waals surface area contributed by atoms with Crippen molar-refractivity contribution in [1.82, 2.24) is 14.6 Å². The number of methoxy groups -OCH3 is 1. The van der Waals surface area contributed by atoms with E-state index < -0.39 is 10.0 Å². The van der Waals surface area contributed by atoms with Crippen molar-refractivity contribution in [3.8, 4) is 0 Å². The van der Waals surface area contributed by atoms with Crippen LogP contribution in [0.3, 0.4) is 0 Å². The van der Waals surface area contributed by atoms with Crippen LogP contribution in [0.2, 0.25) is 0 Å². The van der Waals surface area contributed by atoms with Gasteiger partial charge in [-0.2, -0.15) is 0 Å². The Morgan fingerprint density at radius 3 is 2.76 bits per heavy atom. The van der Waals surface area contributed by atoms with Gasteiger partial charge in [0.1, 0.15) is 0 Å². The van der Waals surface area contributed by atoms with E-state index in [4.69, 9.17) is 4.74 Å². The average molecular weight is 315 g/mol. The van der Waals surface area contributed by atoms with Gasteiger partial charge < -0.3 is 14.6 Å². The van der Waals surface area contributed by atoms with Gasteiger partial charge in [-0.1, -0.05) is 6.92 Å². The molecule has 0 spiro atoms. The van der Waals surface area contributed by atoms with Gasteiger partial charge in [-0.15, -0.1) is 0 Å². The van der Waals surface area contributed by atoms with E-state index in [1.54, 1.807) is 19.4 Å². The molecule has 21 heavy (non-hydrogen) atoms. The van der Waals surface area contributed by atoms with Crippen molar-refractivity contribution in [2.24, 2.45) is 7.05 Å². The monoisotopic (exact) mass is 315 g/mol. The van der Waals surface area contributed by atoms with Gasteiger partial charge in [-0.05, 0) is 31.9 Å². The zero-order valence-corrected chi connectivity index (χ0v) is 13.7. The van der Waals surface area contributed by atoms with Gasteiger partial charge in [-0.25, -0.2) is 13.1 Å². The van der Waals surface area contributed by atoms with Gasteiger partial charge in [0.25, 0.3) is 0 Å². The molecule has 1 aromatic heterocycles. The second kappa shape index (κ2) is 6.91. The first-order valence-electron chi connectivity index (χ1n) is 7.37. The second-order valence-corrected chi connectivity index (χ2v) is 7.32. The molecule has 2 N–H and O–H groups in total. The molecule has 1 aromatic rings. The minimum Gasteiger partial charge on any atom is -0.381 e. The van der Waals surface area contributed by atoms with Gasteiger partial charge >= 0.3 is 0 Å². The number of ether oxygens (including phenoxy) is 1. The van der Waals surface area contributed by atoms with E-state index in [0.29, 0.717) is 11.4 Å². The molecule has 7 heteroatoms. The fourth-order valence-corrected chi connectivity index (χ4v) is 3.79. The molecule has 0 unspecified atom stereocenters. The standard InChI is InChI=1S/C14H25N3O3S/c1-4-5-15-9-12-8-14(10-17(12)2)21(18,19)16-11-6-13(7-11)20-3/h8,10-11,13,15-16H,4-7,9H2,1-3H3. The van der Waals surface area contributed by atoms with E-state index in [2.05, 4.69) is 17.0 Å². The van der Waals surface area contributed by atoms with Crippen molar-refractivity contribution in [2.75, 3.05) is 13.7 Å². The zero-order valence-electron chi connectivity index (χ0n) is 12.9. The molecule has 1 heterocycles. The van der Waals surface area contributed by atoms with Crippen LogP contribution in [0, 0.1) is 0 Å². The summed E-state index contributed by atoms with van der Waals surface area (Å²) in [6, 6.07) is 1.72. The van der Waals surface area contributed by atoms with Crippen LogP contribution in [0.4, 0.5) is 0 Å². The van der Waals surface area contributed by atoms with E-state index in [1.807, 2.05) is 11.6 Å². The summed E-state index contributed by atoms with van der Waals surface area (Å²) in [4.78, 5) is 0.333. The molecule has 120 valence electrons. The highest BCUT2D eigenvalue weighted by Crippen LogP contribution is 2.24. The molecule has 1 fully saturated rings. The minimum atomic E-state index is -3.44. The number of hydrogen-bond acceptors (Lipinski definition) is 4. The van der Waals surface area contributed by atoms with Crippen molar-refractivity contribution in [3.63, 3.8) is 0 Å². The number of nitrogens with zero attached hydrogens (tertiary/aromatic N) is 1. The van der Waals surface area contributed by atoms with Crippen molar-refractivity contribution in [2.45, 2.75) is 49.8 Å². The Labute approximate surface area is 126 Å². The molecule has 1 saturated carbocycles. The van der Waals surface area contributed by atoms with Crippen molar-refractivity contribution in [1.29, 1.82) is 0 Å². The van der Waals surface area contributed by atoms with Crippen molar-refractivity contribution < 1.29 is 13.2 Å². The summed E-state index contributed by atoms with van der Waals surface area (Å²) in [5.41, 5.74) is 0.965. The molecule has 0 atom stereocenters. The molecule has 0 bridgehead atoms. The fraction of sp³-hybridized carbons (Fsp3) is 0.714. The SMILES string of the molecule is CCCNCc1cc(S(=O)(=O)NC2CC(OC)C2)cn1C. The lowest BCUT2D eigenvalue weighted by atomic mass is 9.90. The lowest BCUT2D eigenvalue weighted by Gasteiger charge is -2.34. The maximum Gasteiger partial charge on any atom is 0.242 e. The van der Waals surface area contributed by atoms with E-state index >= 15 is 0 Å². The molecule has 0 aliphatic heterocycles. The Kier molecular flexibility index (Phi) is 5.43. The molecule has 1 aliphatic carbocycles. The molecule has 1 aliphatic rings. The topological polar surface area (TPSA) is 72.4 Å². The van der Waals surface area contributed by atoms with E-state index in [9.17, 15) is 8.42 Å². The number of nitrogens with one attached hydrogen (secondary N) is 2. The molecular formula is C14H25N3O3S. The van der Waals surface area contributed by atoms with Crippen LogP contribution in [0.5, 0.6) is 0 Å². The van der Waals surface area contributed by atoms with Crippen molar-refractivity contribution >= 4 is 10.0 Å². The van der Waals surface area contributed by atoms with Gasteiger partial charge in [0.15, 0.2) is 0 Å². The smallest absolute Gasteiger partial charge is 0.242 e. The Bertz CT molecular complexity index is 562. The van der Waals surface area contributed by atoms with Gasteiger partial charge in [-0.3, -0.25) is 0 Å². The third-order valence-electron chi connectivity index (χ3n) is 3.88. The normalized spacial score (nSPS) is 22.2. The van der Waals surface area contributed by atoms with E-state index in [0.717, 1.165) is 31.5 Å². The van der Waals surface area contributed by atoms with Gasteiger partial charge in [0.2, 0.25) is 10.0 Å². The average Bonchev–Trinajstić information content (AvgIpc) is 2.76. The lowest BCUT2D eigenvalue weighted by molar-refractivity contribution is 0.0236. The molecule has 2 rings (SSSR count). The maximum atomic E-state index is 12.3. The summed E-state index contributed by atoms with van der Waals surface area (Å²) in [5.74, 6) is 0. The van der Waals surface area contributed by atoms with Crippen LogP contribution in [-0.2, 0) is 28.4 Å². The molecule has 6 nitrogen and oxygen atoms in total. The zero-order chi connectivity index (χ0) is 15.5. The first-order chi connectivity index (χ1) is 9.96. The summed E-state index contributed by atoms with van der Waals surface area (Å²) >= 11 is 0. The number of rotatable bonds is 8. The summed E-state index contributed by atoms with van der Waals surface area (Å²) in [5, 5.41) is 3.28. The molecular weight excluding hydrogens is 290 g/mol. The Balaban J connectivity index is 1.98. The molecule has 0 saturated heterocycles. The van der Waals surface area contributed by atoms with Crippen LogP contribution in [0.1, 0.15) is 31.9 Å². The number of sulfonamides is 1. The van der Waals surface area contributed by atoms with Crippen LogP contribution >= 0.6 is 0 Å². The Morgan fingerprint density at radius 2 is 2.14 bits per heavy atom. The highest BCUT2D eigenvalue weighted by Gasteiger charge is 2.33. The van der Waals surface area contributed by atoms with Gasteiger partial charge in [0, 0.05) is 38.6 Å². The summed E-state index contributed by atoms with van der Waals surface area (Å²) in [7, 11) is 0.0838. The van der Waals surface area contributed by atoms with Crippen LogP contribution < -0.4 is 10.0 Å². The van der Waals surface area contributed by atoms with E-state index in [-0.39, 0.29) is 12.1 Å². The van der Waals surface area contributed by atoms with E-state index in [1.165, 1.54) is 0 Å². The summed E-state index contributed by atoms with van der Waals surface area (Å²) in [6.07, 6.45) is 4.39. The summed E-state index contributed by atoms with van der Waals surface area (Å²) < 4.78 is 34.4. The third kappa shape index (κ3) is 4.06. The first kappa shape index (κ1) is 16.5. The summed E-state index contributed by atoms with van der Waals surface area (Å²) in [6.45, 7) is 3.70. The molecule has 0 radical (unpaired) electrons. The predicted octanol–water partition coefficient (Wildman–Crippen LogP) is 0.980. The highest BCUT2D eigenvalue weighted by atomic mass is 32.2. The third-order valence-corrected chi connectivity index (χ3v) is 5.36. The molecule has 0 amide bonds. The first-order valence-corrected chi connectivity index (χ1v) is 8.85. The number of aryl methyl sites for hydroxylation is 1. The largest absolute Gasteiger partial charge is 0.381 e. The predicted molar refractivity (Wildman–Crippen MR) is 81.6 cm³/mol. The fourth-order valence-electron chi connectivity index (χ4n) is 2.43. The highest BCUT2D eigenvalue weighted by molar-refractivity contribution is 7.89.